The fraction of sp³-hybridized carbons (Fsp3) is 0.133. The fourth-order valence-corrected chi connectivity index (χ4v) is 2.67. The van der Waals surface area contributed by atoms with Gasteiger partial charge in [-0.05, 0) is 35.9 Å². The SMILES string of the molecule is CS(=O)(=O)N(CC(=O)N/N=C\c1ccncc1)c1cccc(F)c1. The van der Waals surface area contributed by atoms with E-state index in [0.717, 1.165) is 22.2 Å². The summed E-state index contributed by atoms with van der Waals surface area (Å²) in [6.45, 7) is -0.518. The van der Waals surface area contributed by atoms with Crippen LogP contribution in [0.15, 0.2) is 53.9 Å². The van der Waals surface area contributed by atoms with Crippen LogP contribution >= 0.6 is 0 Å². The highest BCUT2D eigenvalue weighted by atomic mass is 32.2. The molecule has 0 bridgehead atoms. The number of carbonyl (C=O) groups excluding carboxylic acids is 1. The van der Waals surface area contributed by atoms with Gasteiger partial charge < -0.3 is 0 Å². The van der Waals surface area contributed by atoms with Gasteiger partial charge in [-0.3, -0.25) is 14.1 Å². The van der Waals surface area contributed by atoms with Crippen molar-refractivity contribution >= 4 is 27.8 Å². The predicted molar refractivity (Wildman–Crippen MR) is 88.6 cm³/mol. The number of aromatic nitrogens is 1. The van der Waals surface area contributed by atoms with Gasteiger partial charge in [0.1, 0.15) is 12.4 Å². The number of nitrogens with one attached hydrogen (secondary N) is 1. The average molecular weight is 350 g/mol. The molecular weight excluding hydrogens is 335 g/mol. The lowest BCUT2D eigenvalue weighted by Crippen LogP contribution is -2.39. The van der Waals surface area contributed by atoms with Gasteiger partial charge in [0.05, 0.1) is 18.2 Å². The molecule has 2 rings (SSSR count). The molecule has 1 heterocycles. The molecule has 0 unspecified atom stereocenters. The summed E-state index contributed by atoms with van der Waals surface area (Å²) in [6.07, 6.45) is 5.47. The second kappa shape index (κ2) is 7.64. The molecule has 0 atom stereocenters. The number of hydrogen-bond acceptors (Lipinski definition) is 5. The largest absolute Gasteiger partial charge is 0.271 e. The summed E-state index contributed by atoms with van der Waals surface area (Å²) in [7, 11) is -3.76. The Hall–Kier alpha value is -2.81. The Kier molecular flexibility index (Phi) is 5.59. The number of anilines is 1. The Labute approximate surface area is 138 Å². The van der Waals surface area contributed by atoms with Crippen molar-refractivity contribution in [2.45, 2.75) is 0 Å². The molecule has 0 saturated heterocycles. The molecule has 0 fully saturated rings. The lowest BCUT2D eigenvalue weighted by Gasteiger charge is -2.21. The van der Waals surface area contributed by atoms with E-state index in [9.17, 15) is 17.6 Å². The van der Waals surface area contributed by atoms with E-state index in [2.05, 4.69) is 15.5 Å². The van der Waals surface area contributed by atoms with Crippen LogP contribution in [-0.2, 0) is 14.8 Å². The molecule has 24 heavy (non-hydrogen) atoms. The summed E-state index contributed by atoms with van der Waals surface area (Å²) in [5.74, 6) is -1.26. The number of nitrogens with zero attached hydrogens (tertiary/aromatic N) is 3. The van der Waals surface area contributed by atoms with Crippen molar-refractivity contribution in [2.75, 3.05) is 17.1 Å². The molecule has 1 amide bonds. The van der Waals surface area contributed by atoms with Gasteiger partial charge in [-0.15, -0.1) is 0 Å². The number of halogens is 1. The summed E-state index contributed by atoms with van der Waals surface area (Å²) in [5.41, 5.74) is 3.01. The maximum atomic E-state index is 13.3. The van der Waals surface area contributed by atoms with E-state index >= 15 is 0 Å². The van der Waals surface area contributed by atoms with Crippen molar-refractivity contribution in [2.24, 2.45) is 5.10 Å². The number of benzene rings is 1. The van der Waals surface area contributed by atoms with Gasteiger partial charge in [0, 0.05) is 12.4 Å². The first-order valence-electron chi connectivity index (χ1n) is 6.81. The van der Waals surface area contributed by atoms with Crippen LogP contribution in [0.1, 0.15) is 5.56 Å². The lowest BCUT2D eigenvalue weighted by atomic mass is 10.3. The quantitative estimate of drug-likeness (QED) is 0.625. The van der Waals surface area contributed by atoms with Crippen molar-refractivity contribution < 1.29 is 17.6 Å². The maximum Gasteiger partial charge on any atom is 0.260 e. The minimum absolute atomic E-state index is 0.0609. The zero-order valence-electron chi connectivity index (χ0n) is 12.8. The Morgan fingerprint density at radius 3 is 2.67 bits per heavy atom. The van der Waals surface area contributed by atoms with E-state index in [1.807, 2.05) is 0 Å². The lowest BCUT2D eigenvalue weighted by molar-refractivity contribution is -0.119. The van der Waals surface area contributed by atoms with Crippen molar-refractivity contribution in [3.8, 4) is 0 Å². The second-order valence-corrected chi connectivity index (χ2v) is 6.73. The van der Waals surface area contributed by atoms with Crippen LogP contribution in [0.5, 0.6) is 0 Å². The van der Waals surface area contributed by atoms with E-state index in [0.29, 0.717) is 0 Å². The van der Waals surface area contributed by atoms with E-state index in [-0.39, 0.29) is 5.69 Å². The molecular formula is C15H15FN4O3S. The summed E-state index contributed by atoms with van der Waals surface area (Å²) in [4.78, 5) is 15.8. The number of sulfonamides is 1. The maximum absolute atomic E-state index is 13.3. The molecule has 1 aromatic carbocycles. The van der Waals surface area contributed by atoms with Crippen LogP contribution in [0.2, 0.25) is 0 Å². The van der Waals surface area contributed by atoms with Crippen molar-refractivity contribution in [3.05, 3.63) is 60.2 Å². The van der Waals surface area contributed by atoms with Crippen molar-refractivity contribution in [1.29, 1.82) is 0 Å². The Morgan fingerprint density at radius 1 is 1.33 bits per heavy atom. The Bertz CT molecular complexity index is 841. The summed E-state index contributed by atoms with van der Waals surface area (Å²) >= 11 is 0. The van der Waals surface area contributed by atoms with Gasteiger partial charge in [-0.25, -0.2) is 18.2 Å². The number of rotatable bonds is 6. The highest BCUT2D eigenvalue weighted by Gasteiger charge is 2.21. The number of hydrazone groups is 1. The summed E-state index contributed by atoms with van der Waals surface area (Å²) in [6, 6.07) is 8.36. The van der Waals surface area contributed by atoms with Crippen molar-refractivity contribution in [3.63, 3.8) is 0 Å². The topological polar surface area (TPSA) is 91.7 Å². The monoisotopic (exact) mass is 350 g/mol. The van der Waals surface area contributed by atoms with Crippen LogP contribution in [0, 0.1) is 5.82 Å². The molecule has 0 aliphatic heterocycles. The second-order valence-electron chi connectivity index (χ2n) is 4.82. The van der Waals surface area contributed by atoms with Gasteiger partial charge in [-0.1, -0.05) is 6.07 Å². The van der Waals surface area contributed by atoms with Gasteiger partial charge in [0.15, 0.2) is 0 Å². The standard InChI is InChI=1S/C15H15FN4O3S/c1-24(22,23)20(14-4-2-3-13(16)9-14)11-15(21)19-18-10-12-5-7-17-8-6-12/h2-10H,11H2,1H3,(H,19,21)/b18-10-. The number of pyridine rings is 1. The summed E-state index contributed by atoms with van der Waals surface area (Å²) < 4.78 is 37.8. The first-order chi connectivity index (χ1) is 11.4. The third-order valence-corrected chi connectivity index (χ3v) is 4.03. The van der Waals surface area contributed by atoms with Gasteiger partial charge >= 0.3 is 0 Å². The first kappa shape index (κ1) is 17.5. The van der Waals surface area contributed by atoms with Gasteiger partial charge in [0.2, 0.25) is 10.0 Å². The minimum Gasteiger partial charge on any atom is -0.271 e. The normalized spacial score (nSPS) is 11.4. The highest BCUT2D eigenvalue weighted by Crippen LogP contribution is 2.18. The number of hydrogen-bond donors (Lipinski definition) is 1. The predicted octanol–water partition coefficient (Wildman–Crippen LogP) is 1.14. The first-order valence-corrected chi connectivity index (χ1v) is 8.66. The highest BCUT2D eigenvalue weighted by molar-refractivity contribution is 7.92. The molecule has 2 aromatic rings. The summed E-state index contributed by atoms with van der Waals surface area (Å²) in [5, 5.41) is 3.74. The van der Waals surface area contributed by atoms with Crippen LogP contribution < -0.4 is 9.73 Å². The molecule has 0 radical (unpaired) electrons. The molecule has 0 aliphatic carbocycles. The zero-order chi connectivity index (χ0) is 17.6. The molecule has 1 N–H and O–H groups in total. The number of amides is 1. The van der Waals surface area contributed by atoms with E-state index in [1.54, 1.807) is 24.5 Å². The van der Waals surface area contributed by atoms with Gasteiger partial charge in [0.25, 0.3) is 5.91 Å². The van der Waals surface area contributed by atoms with Crippen molar-refractivity contribution in [1.82, 2.24) is 10.4 Å². The van der Waals surface area contributed by atoms with Crippen LogP contribution in [0.4, 0.5) is 10.1 Å². The molecule has 0 aliphatic rings. The molecule has 1 aromatic heterocycles. The average Bonchev–Trinajstić information content (AvgIpc) is 2.52. The number of carbonyl (C=O) groups is 1. The Balaban J connectivity index is 2.07. The third kappa shape index (κ3) is 5.13. The smallest absolute Gasteiger partial charge is 0.260 e. The molecule has 7 nitrogen and oxygen atoms in total. The van der Waals surface area contributed by atoms with Crippen LogP contribution in [0.3, 0.4) is 0 Å². The van der Waals surface area contributed by atoms with Crippen LogP contribution in [-0.4, -0.2) is 38.3 Å². The van der Waals surface area contributed by atoms with E-state index in [4.69, 9.17) is 0 Å². The van der Waals surface area contributed by atoms with Gasteiger partial charge in [-0.2, -0.15) is 5.10 Å². The van der Waals surface area contributed by atoms with E-state index in [1.165, 1.54) is 24.4 Å². The molecule has 0 saturated carbocycles. The zero-order valence-corrected chi connectivity index (χ0v) is 13.6. The molecule has 0 spiro atoms. The molecule has 126 valence electrons. The minimum atomic E-state index is -3.76. The van der Waals surface area contributed by atoms with E-state index < -0.39 is 28.3 Å². The van der Waals surface area contributed by atoms with Crippen LogP contribution in [0.25, 0.3) is 0 Å². The fourth-order valence-electron chi connectivity index (χ4n) is 1.83. The third-order valence-electron chi connectivity index (χ3n) is 2.89. The Morgan fingerprint density at radius 2 is 2.04 bits per heavy atom. The molecule has 9 heteroatoms.